The van der Waals surface area contributed by atoms with Gasteiger partial charge in [0.1, 0.15) is 5.75 Å². The van der Waals surface area contributed by atoms with Gasteiger partial charge in [-0.25, -0.2) is 0 Å². The molecule has 5 heteroatoms. The Bertz CT molecular complexity index is 492. The third-order valence-corrected chi connectivity index (χ3v) is 4.26. The van der Waals surface area contributed by atoms with Crippen LogP contribution >= 0.6 is 15.9 Å². The molecular weight excluding hydrogens is 334 g/mol. The third-order valence-electron chi connectivity index (χ3n) is 3.76. The lowest BCUT2D eigenvalue weighted by Gasteiger charge is -2.31. The van der Waals surface area contributed by atoms with Crippen LogP contribution in [-0.4, -0.2) is 37.7 Å². The Labute approximate surface area is 134 Å². The van der Waals surface area contributed by atoms with Gasteiger partial charge in [-0.05, 0) is 44.5 Å². The average molecular weight is 356 g/mol. The van der Waals surface area contributed by atoms with Crippen LogP contribution in [0.3, 0.4) is 0 Å². The maximum Gasteiger partial charge on any atom is 0.310 e. The number of hydrogen-bond acceptors (Lipinski definition) is 4. The molecule has 116 valence electrons. The van der Waals surface area contributed by atoms with Crippen molar-refractivity contribution in [3.8, 4) is 5.75 Å². The molecular formula is C16H22BrNO3. The van der Waals surface area contributed by atoms with Crippen LogP contribution in [0.25, 0.3) is 0 Å². The molecule has 1 fully saturated rings. The molecule has 0 aliphatic carbocycles. The van der Waals surface area contributed by atoms with Crippen LogP contribution in [0, 0.1) is 5.92 Å². The number of likely N-dealkylation sites (tertiary alicyclic amines) is 1. The summed E-state index contributed by atoms with van der Waals surface area (Å²) in [6.07, 6.45) is 1.95. The van der Waals surface area contributed by atoms with E-state index >= 15 is 0 Å². The second-order valence-corrected chi connectivity index (χ2v) is 6.20. The summed E-state index contributed by atoms with van der Waals surface area (Å²) in [5.41, 5.74) is 1.14. The number of hydrogen-bond donors (Lipinski definition) is 0. The molecule has 4 nitrogen and oxygen atoms in total. The first kappa shape index (κ1) is 16.3. The molecule has 1 aliphatic rings. The van der Waals surface area contributed by atoms with E-state index in [9.17, 15) is 4.79 Å². The minimum absolute atomic E-state index is 0.00292. The second kappa shape index (κ2) is 7.80. The number of benzene rings is 1. The summed E-state index contributed by atoms with van der Waals surface area (Å²) in [7, 11) is 1.68. The maximum absolute atomic E-state index is 11.9. The number of rotatable bonds is 5. The number of ether oxygens (including phenoxy) is 2. The first-order valence-electron chi connectivity index (χ1n) is 7.35. The van der Waals surface area contributed by atoms with E-state index < -0.39 is 0 Å². The molecule has 0 radical (unpaired) electrons. The van der Waals surface area contributed by atoms with Crippen LogP contribution in [-0.2, 0) is 16.1 Å². The van der Waals surface area contributed by atoms with Crippen LogP contribution in [0.15, 0.2) is 22.7 Å². The third kappa shape index (κ3) is 4.45. The maximum atomic E-state index is 11.9. The largest absolute Gasteiger partial charge is 0.496 e. The number of halogens is 1. The zero-order valence-corrected chi connectivity index (χ0v) is 14.2. The summed E-state index contributed by atoms with van der Waals surface area (Å²) < 4.78 is 11.6. The zero-order valence-electron chi connectivity index (χ0n) is 12.6. The van der Waals surface area contributed by atoms with Crippen molar-refractivity contribution in [2.24, 2.45) is 5.92 Å². The first-order chi connectivity index (χ1) is 10.1. The lowest BCUT2D eigenvalue weighted by atomic mass is 9.97. The number of carbonyl (C=O) groups excluding carboxylic acids is 1. The lowest BCUT2D eigenvalue weighted by molar-refractivity contribution is -0.150. The summed E-state index contributed by atoms with van der Waals surface area (Å²) in [5.74, 6) is 0.816. The molecule has 1 aromatic carbocycles. The van der Waals surface area contributed by atoms with Crippen LogP contribution in [0.4, 0.5) is 0 Å². The number of nitrogens with zero attached hydrogens (tertiary/aromatic N) is 1. The van der Waals surface area contributed by atoms with E-state index in [1.54, 1.807) is 7.11 Å². The molecule has 0 spiro atoms. The summed E-state index contributed by atoms with van der Waals surface area (Å²) in [4.78, 5) is 14.2. The Hall–Kier alpha value is -1.07. The average Bonchev–Trinajstić information content (AvgIpc) is 2.48. The quantitative estimate of drug-likeness (QED) is 0.760. The van der Waals surface area contributed by atoms with E-state index in [2.05, 4.69) is 26.9 Å². The van der Waals surface area contributed by atoms with Crippen molar-refractivity contribution in [1.82, 2.24) is 4.90 Å². The summed E-state index contributed by atoms with van der Waals surface area (Å²) in [5, 5.41) is 0. The topological polar surface area (TPSA) is 38.8 Å². The van der Waals surface area contributed by atoms with Gasteiger partial charge in [0.2, 0.25) is 0 Å². The molecule has 1 aromatic rings. The Balaban J connectivity index is 2.02. The highest BCUT2D eigenvalue weighted by Gasteiger charge is 2.27. The van der Waals surface area contributed by atoms with Crippen LogP contribution in [0.5, 0.6) is 5.75 Å². The minimum atomic E-state index is -0.0663. The molecule has 21 heavy (non-hydrogen) atoms. The van der Waals surface area contributed by atoms with Crippen molar-refractivity contribution in [2.45, 2.75) is 26.3 Å². The number of esters is 1. The fourth-order valence-corrected chi connectivity index (χ4v) is 3.17. The summed E-state index contributed by atoms with van der Waals surface area (Å²) in [6.45, 7) is 4.86. The molecule has 1 saturated heterocycles. The SMILES string of the molecule is CCOC(=O)[C@@H]1CCCN(Cc2cc(Br)ccc2OC)C1. The standard InChI is InChI=1S/C16H22BrNO3/c1-3-21-16(19)12-5-4-8-18(10-12)11-13-9-14(17)6-7-15(13)20-2/h6-7,9,12H,3-5,8,10-11H2,1-2H3/t12-/m1/s1. The first-order valence-corrected chi connectivity index (χ1v) is 8.14. The highest BCUT2D eigenvalue weighted by atomic mass is 79.9. The fraction of sp³-hybridized carbons (Fsp3) is 0.562. The van der Waals surface area contributed by atoms with Crippen molar-refractivity contribution >= 4 is 21.9 Å². The van der Waals surface area contributed by atoms with E-state index in [4.69, 9.17) is 9.47 Å². The minimum Gasteiger partial charge on any atom is -0.496 e. The molecule has 0 unspecified atom stereocenters. The Morgan fingerprint density at radius 1 is 1.48 bits per heavy atom. The van der Waals surface area contributed by atoms with Gasteiger partial charge in [-0.15, -0.1) is 0 Å². The Morgan fingerprint density at radius 3 is 3.00 bits per heavy atom. The number of piperidine rings is 1. The number of methoxy groups -OCH3 is 1. The Morgan fingerprint density at radius 2 is 2.29 bits per heavy atom. The molecule has 0 saturated carbocycles. The molecule has 0 amide bonds. The lowest BCUT2D eigenvalue weighted by Crippen LogP contribution is -2.39. The predicted molar refractivity (Wildman–Crippen MR) is 85.3 cm³/mol. The normalized spacial score (nSPS) is 19.3. The molecule has 0 bridgehead atoms. The van der Waals surface area contributed by atoms with E-state index in [1.807, 2.05) is 19.1 Å². The monoisotopic (exact) mass is 355 g/mol. The fourth-order valence-electron chi connectivity index (χ4n) is 2.76. The molecule has 2 rings (SSSR count). The van der Waals surface area contributed by atoms with Gasteiger partial charge in [0, 0.05) is 23.1 Å². The van der Waals surface area contributed by atoms with Crippen molar-refractivity contribution in [2.75, 3.05) is 26.8 Å². The van der Waals surface area contributed by atoms with E-state index in [-0.39, 0.29) is 11.9 Å². The van der Waals surface area contributed by atoms with Gasteiger partial charge in [-0.1, -0.05) is 15.9 Å². The second-order valence-electron chi connectivity index (χ2n) is 5.28. The highest BCUT2D eigenvalue weighted by molar-refractivity contribution is 9.10. The summed E-state index contributed by atoms with van der Waals surface area (Å²) >= 11 is 3.50. The smallest absolute Gasteiger partial charge is 0.310 e. The molecule has 0 N–H and O–H groups in total. The van der Waals surface area contributed by atoms with Crippen molar-refractivity contribution in [3.63, 3.8) is 0 Å². The molecule has 0 aromatic heterocycles. The van der Waals surface area contributed by atoms with Crippen molar-refractivity contribution < 1.29 is 14.3 Å². The van der Waals surface area contributed by atoms with Crippen LogP contribution in [0.1, 0.15) is 25.3 Å². The zero-order chi connectivity index (χ0) is 15.2. The van der Waals surface area contributed by atoms with E-state index in [1.165, 1.54) is 0 Å². The van der Waals surface area contributed by atoms with Gasteiger partial charge in [0.15, 0.2) is 0 Å². The van der Waals surface area contributed by atoms with E-state index in [0.29, 0.717) is 6.61 Å². The Kier molecular flexibility index (Phi) is 6.06. The predicted octanol–water partition coefficient (Wildman–Crippen LogP) is 3.23. The molecule has 1 atom stereocenters. The van der Waals surface area contributed by atoms with Gasteiger partial charge >= 0.3 is 5.97 Å². The molecule has 1 aliphatic heterocycles. The van der Waals surface area contributed by atoms with Gasteiger partial charge in [0.05, 0.1) is 19.6 Å². The highest BCUT2D eigenvalue weighted by Crippen LogP contribution is 2.26. The van der Waals surface area contributed by atoms with Gasteiger partial charge in [0.25, 0.3) is 0 Å². The van der Waals surface area contributed by atoms with Crippen LogP contribution in [0.2, 0.25) is 0 Å². The van der Waals surface area contributed by atoms with Crippen molar-refractivity contribution in [1.29, 1.82) is 0 Å². The van der Waals surface area contributed by atoms with Gasteiger partial charge < -0.3 is 9.47 Å². The van der Waals surface area contributed by atoms with Crippen molar-refractivity contribution in [3.05, 3.63) is 28.2 Å². The summed E-state index contributed by atoms with van der Waals surface area (Å²) in [6, 6.07) is 6.01. The van der Waals surface area contributed by atoms with Gasteiger partial charge in [-0.3, -0.25) is 9.69 Å². The number of carbonyl (C=O) groups is 1. The van der Waals surface area contributed by atoms with Crippen LogP contribution < -0.4 is 4.74 Å². The van der Waals surface area contributed by atoms with E-state index in [0.717, 1.165) is 48.3 Å². The molecule has 1 heterocycles. The van der Waals surface area contributed by atoms with Gasteiger partial charge in [-0.2, -0.15) is 0 Å².